The average Bonchev–Trinajstić information content (AvgIpc) is 2.88. The molecule has 1 saturated carbocycles. The van der Waals surface area contributed by atoms with E-state index in [1.54, 1.807) is 6.92 Å². The van der Waals surface area contributed by atoms with Gasteiger partial charge in [-0.25, -0.2) is 0 Å². The summed E-state index contributed by atoms with van der Waals surface area (Å²) in [6, 6.07) is 0.246. The summed E-state index contributed by atoms with van der Waals surface area (Å²) >= 11 is 0. The first-order chi connectivity index (χ1) is 10.8. The van der Waals surface area contributed by atoms with Crippen LogP contribution in [0, 0.1) is 6.92 Å². The van der Waals surface area contributed by atoms with Crippen molar-refractivity contribution in [3.63, 3.8) is 0 Å². The van der Waals surface area contributed by atoms with E-state index in [-0.39, 0.29) is 29.8 Å². The molecule has 0 aliphatic heterocycles. The molecule has 1 heterocycles. The quantitative estimate of drug-likeness (QED) is 0.892. The van der Waals surface area contributed by atoms with Gasteiger partial charge in [0.15, 0.2) is 0 Å². The number of nitrogens with one attached hydrogen (secondary N) is 2. The van der Waals surface area contributed by atoms with E-state index >= 15 is 0 Å². The van der Waals surface area contributed by atoms with Crippen LogP contribution in [0.2, 0.25) is 0 Å². The van der Waals surface area contributed by atoms with Crippen LogP contribution in [0.1, 0.15) is 74.7 Å². The zero-order chi connectivity index (χ0) is 17.0. The molecule has 0 spiro atoms. The Kier molecular flexibility index (Phi) is 5.44. The predicted molar refractivity (Wildman–Crippen MR) is 87.3 cm³/mol. The van der Waals surface area contributed by atoms with Crippen molar-refractivity contribution in [2.45, 2.75) is 71.3 Å². The van der Waals surface area contributed by atoms with E-state index in [0.29, 0.717) is 17.0 Å². The SMILES string of the molecule is Cc1onc(C(C)(C)C)c1C(=O)NCC(=O)NC1CCCCC1. The van der Waals surface area contributed by atoms with Gasteiger partial charge in [-0.3, -0.25) is 9.59 Å². The Morgan fingerprint density at radius 1 is 1.22 bits per heavy atom. The van der Waals surface area contributed by atoms with Gasteiger partial charge in [-0.1, -0.05) is 45.2 Å². The Morgan fingerprint density at radius 3 is 2.48 bits per heavy atom. The number of aryl methyl sites for hydroxylation is 1. The molecule has 6 heteroatoms. The van der Waals surface area contributed by atoms with E-state index in [4.69, 9.17) is 4.52 Å². The summed E-state index contributed by atoms with van der Waals surface area (Å²) in [5, 5.41) is 9.66. The summed E-state index contributed by atoms with van der Waals surface area (Å²) in [6.07, 6.45) is 5.61. The summed E-state index contributed by atoms with van der Waals surface area (Å²) in [6.45, 7) is 7.59. The van der Waals surface area contributed by atoms with E-state index in [9.17, 15) is 9.59 Å². The smallest absolute Gasteiger partial charge is 0.257 e. The van der Waals surface area contributed by atoms with E-state index in [0.717, 1.165) is 25.7 Å². The molecule has 0 radical (unpaired) electrons. The Bertz CT molecular complexity index is 566. The highest BCUT2D eigenvalue weighted by molar-refractivity contribution is 5.98. The summed E-state index contributed by atoms with van der Waals surface area (Å²) < 4.78 is 5.16. The zero-order valence-electron chi connectivity index (χ0n) is 14.5. The number of carbonyl (C=O) groups is 2. The van der Waals surface area contributed by atoms with Crippen molar-refractivity contribution >= 4 is 11.8 Å². The molecule has 23 heavy (non-hydrogen) atoms. The lowest BCUT2D eigenvalue weighted by molar-refractivity contribution is -0.121. The Balaban J connectivity index is 1.92. The fraction of sp³-hybridized carbons (Fsp3) is 0.706. The topological polar surface area (TPSA) is 84.2 Å². The van der Waals surface area contributed by atoms with Crippen molar-refractivity contribution < 1.29 is 14.1 Å². The van der Waals surface area contributed by atoms with Crippen LogP contribution < -0.4 is 10.6 Å². The molecule has 2 amide bonds. The van der Waals surface area contributed by atoms with Crippen molar-refractivity contribution in [1.82, 2.24) is 15.8 Å². The van der Waals surface area contributed by atoms with Crippen LogP contribution >= 0.6 is 0 Å². The van der Waals surface area contributed by atoms with Crippen LogP contribution in [0.3, 0.4) is 0 Å². The molecule has 0 atom stereocenters. The fourth-order valence-electron chi connectivity index (χ4n) is 2.93. The molecular weight excluding hydrogens is 294 g/mol. The number of rotatable bonds is 4. The first-order valence-electron chi connectivity index (χ1n) is 8.33. The Morgan fingerprint density at radius 2 is 1.87 bits per heavy atom. The Hall–Kier alpha value is -1.85. The number of amides is 2. The minimum atomic E-state index is -0.313. The monoisotopic (exact) mass is 321 g/mol. The van der Waals surface area contributed by atoms with Crippen molar-refractivity contribution in [2.24, 2.45) is 0 Å². The summed E-state index contributed by atoms with van der Waals surface area (Å²) in [5.74, 6) is 0.0178. The molecule has 0 saturated heterocycles. The molecule has 128 valence electrons. The lowest BCUT2D eigenvalue weighted by Crippen LogP contribution is -2.43. The van der Waals surface area contributed by atoms with Crippen LogP contribution in [0.25, 0.3) is 0 Å². The van der Waals surface area contributed by atoms with Crippen LogP contribution in [-0.2, 0) is 10.2 Å². The summed E-state index contributed by atoms with van der Waals surface area (Å²) in [7, 11) is 0. The minimum absolute atomic E-state index is 0.0243. The molecule has 1 aliphatic rings. The van der Waals surface area contributed by atoms with Crippen LogP contribution in [0.5, 0.6) is 0 Å². The van der Waals surface area contributed by atoms with Gasteiger partial charge in [0.05, 0.1) is 6.54 Å². The molecule has 6 nitrogen and oxygen atoms in total. The highest BCUT2D eigenvalue weighted by Crippen LogP contribution is 2.26. The fourth-order valence-corrected chi connectivity index (χ4v) is 2.93. The number of hydrogen-bond acceptors (Lipinski definition) is 4. The maximum Gasteiger partial charge on any atom is 0.257 e. The minimum Gasteiger partial charge on any atom is -0.361 e. The molecule has 1 aliphatic carbocycles. The standard InChI is InChI=1S/C17H27N3O3/c1-11-14(15(20-23-11)17(2,3)4)16(22)18-10-13(21)19-12-8-6-5-7-9-12/h12H,5-10H2,1-4H3,(H,18,22)(H,19,21). The Labute approximate surface area is 137 Å². The third-order valence-electron chi connectivity index (χ3n) is 4.18. The second-order valence-electron chi connectivity index (χ2n) is 7.30. The van der Waals surface area contributed by atoms with Crippen LogP contribution in [0.15, 0.2) is 4.52 Å². The van der Waals surface area contributed by atoms with Gasteiger partial charge < -0.3 is 15.2 Å². The van der Waals surface area contributed by atoms with Gasteiger partial charge in [-0.05, 0) is 19.8 Å². The lowest BCUT2D eigenvalue weighted by atomic mass is 9.88. The molecule has 0 bridgehead atoms. The first-order valence-corrected chi connectivity index (χ1v) is 8.33. The number of nitrogens with zero attached hydrogens (tertiary/aromatic N) is 1. The van der Waals surface area contributed by atoms with Gasteiger partial charge in [0.1, 0.15) is 17.0 Å². The van der Waals surface area contributed by atoms with Crippen LogP contribution in [0.4, 0.5) is 0 Å². The molecule has 1 fully saturated rings. The molecule has 2 N–H and O–H groups in total. The van der Waals surface area contributed by atoms with E-state index in [2.05, 4.69) is 15.8 Å². The van der Waals surface area contributed by atoms with Crippen molar-refractivity contribution in [3.8, 4) is 0 Å². The van der Waals surface area contributed by atoms with Gasteiger partial charge in [0.25, 0.3) is 5.91 Å². The van der Waals surface area contributed by atoms with E-state index in [1.165, 1.54) is 6.42 Å². The molecule has 2 rings (SSSR count). The number of aromatic nitrogens is 1. The highest BCUT2D eigenvalue weighted by Gasteiger charge is 2.29. The second-order valence-corrected chi connectivity index (χ2v) is 7.30. The van der Waals surface area contributed by atoms with Gasteiger partial charge in [0, 0.05) is 11.5 Å². The number of carbonyl (C=O) groups excluding carboxylic acids is 2. The summed E-state index contributed by atoms with van der Waals surface area (Å²) in [4.78, 5) is 24.4. The number of hydrogen-bond donors (Lipinski definition) is 2. The van der Waals surface area contributed by atoms with Gasteiger partial charge in [-0.15, -0.1) is 0 Å². The maximum absolute atomic E-state index is 12.4. The maximum atomic E-state index is 12.4. The summed E-state index contributed by atoms with van der Waals surface area (Å²) in [5.41, 5.74) is 0.748. The largest absolute Gasteiger partial charge is 0.361 e. The van der Waals surface area contributed by atoms with Gasteiger partial charge in [0.2, 0.25) is 5.91 Å². The van der Waals surface area contributed by atoms with Gasteiger partial charge in [-0.2, -0.15) is 0 Å². The third-order valence-corrected chi connectivity index (χ3v) is 4.18. The molecule has 1 aromatic rings. The normalized spacial score (nSPS) is 16.2. The molecular formula is C17H27N3O3. The first kappa shape index (κ1) is 17.5. The van der Waals surface area contributed by atoms with Crippen LogP contribution in [-0.4, -0.2) is 29.6 Å². The van der Waals surface area contributed by atoms with Gasteiger partial charge >= 0.3 is 0 Å². The average molecular weight is 321 g/mol. The second kappa shape index (κ2) is 7.15. The van der Waals surface area contributed by atoms with E-state index < -0.39 is 0 Å². The molecule has 1 aromatic heterocycles. The lowest BCUT2D eigenvalue weighted by Gasteiger charge is -2.22. The van der Waals surface area contributed by atoms with Crippen molar-refractivity contribution in [1.29, 1.82) is 0 Å². The molecule has 0 aromatic carbocycles. The predicted octanol–water partition coefficient (Wildman–Crippen LogP) is 2.46. The third kappa shape index (κ3) is 4.56. The highest BCUT2D eigenvalue weighted by atomic mass is 16.5. The molecule has 0 unspecified atom stereocenters. The van der Waals surface area contributed by atoms with Crippen molar-refractivity contribution in [2.75, 3.05) is 6.54 Å². The van der Waals surface area contributed by atoms with Crippen molar-refractivity contribution in [3.05, 3.63) is 17.0 Å². The van der Waals surface area contributed by atoms with E-state index in [1.807, 2.05) is 20.8 Å². The zero-order valence-corrected chi connectivity index (χ0v) is 14.5.